The van der Waals surface area contributed by atoms with Crippen molar-refractivity contribution in [3.8, 4) is 0 Å². The van der Waals surface area contributed by atoms with Gasteiger partial charge in [-0.25, -0.2) is 4.39 Å². The van der Waals surface area contributed by atoms with Crippen LogP contribution in [0.2, 0.25) is 10.0 Å². The Labute approximate surface area is 122 Å². The van der Waals surface area contributed by atoms with Gasteiger partial charge in [0.05, 0.1) is 6.04 Å². The molecule has 0 aliphatic heterocycles. The zero-order valence-corrected chi connectivity index (χ0v) is 12.0. The Morgan fingerprint density at radius 3 is 2.32 bits per heavy atom. The summed E-state index contributed by atoms with van der Waals surface area (Å²) in [6.07, 6.45) is 0. The maximum absolute atomic E-state index is 13.4. The van der Waals surface area contributed by atoms with Gasteiger partial charge < -0.3 is 5.32 Å². The van der Waals surface area contributed by atoms with E-state index in [1.807, 2.05) is 25.1 Å². The quantitative estimate of drug-likeness (QED) is 0.852. The highest BCUT2D eigenvalue weighted by atomic mass is 35.5. The molecule has 0 spiro atoms. The Balaban J connectivity index is 2.44. The lowest BCUT2D eigenvalue weighted by Crippen LogP contribution is -2.22. The normalized spacial score (nSPS) is 12.4. The minimum absolute atomic E-state index is 0.128. The molecule has 0 aliphatic carbocycles. The Morgan fingerprint density at radius 1 is 1.05 bits per heavy atom. The Hall–Kier alpha value is -1.09. The molecule has 0 aromatic heterocycles. The van der Waals surface area contributed by atoms with Gasteiger partial charge in [0.15, 0.2) is 0 Å². The molecule has 0 aliphatic rings. The minimum Gasteiger partial charge on any atom is -0.307 e. The van der Waals surface area contributed by atoms with Crippen molar-refractivity contribution in [1.29, 1.82) is 0 Å². The fourth-order valence-electron chi connectivity index (χ4n) is 2.06. The molecule has 0 fully saturated rings. The summed E-state index contributed by atoms with van der Waals surface area (Å²) in [6, 6.07) is 11.8. The molecular formula is C15H14Cl2FN. The fourth-order valence-corrected chi connectivity index (χ4v) is 2.60. The monoisotopic (exact) mass is 297 g/mol. The molecule has 0 saturated carbocycles. The Morgan fingerprint density at radius 2 is 1.74 bits per heavy atom. The molecule has 2 rings (SSSR count). The molecule has 0 saturated heterocycles. The average Bonchev–Trinajstić information content (AvgIpc) is 2.34. The zero-order valence-electron chi connectivity index (χ0n) is 10.5. The van der Waals surface area contributed by atoms with Gasteiger partial charge in [-0.05, 0) is 48.0 Å². The molecule has 4 heteroatoms. The molecule has 100 valence electrons. The average molecular weight is 298 g/mol. The van der Waals surface area contributed by atoms with Crippen LogP contribution in [0.25, 0.3) is 0 Å². The van der Waals surface area contributed by atoms with E-state index in [0.29, 0.717) is 10.0 Å². The van der Waals surface area contributed by atoms with Crippen molar-refractivity contribution in [2.75, 3.05) is 6.54 Å². The Bertz CT molecular complexity index is 552. The predicted octanol–water partition coefficient (Wildman–Crippen LogP) is 4.83. The summed E-state index contributed by atoms with van der Waals surface area (Å²) in [5, 5.41) is 4.46. The van der Waals surface area contributed by atoms with E-state index in [2.05, 4.69) is 5.32 Å². The summed E-state index contributed by atoms with van der Waals surface area (Å²) in [7, 11) is 0. The van der Waals surface area contributed by atoms with Crippen LogP contribution in [-0.2, 0) is 0 Å². The topological polar surface area (TPSA) is 12.0 Å². The molecule has 19 heavy (non-hydrogen) atoms. The molecule has 0 radical (unpaired) electrons. The van der Waals surface area contributed by atoms with Gasteiger partial charge in [0.1, 0.15) is 5.82 Å². The number of nitrogens with one attached hydrogen (secondary N) is 1. The highest BCUT2D eigenvalue weighted by molar-refractivity contribution is 6.34. The second-order valence-electron chi connectivity index (χ2n) is 4.25. The lowest BCUT2D eigenvalue weighted by atomic mass is 9.98. The summed E-state index contributed by atoms with van der Waals surface area (Å²) >= 11 is 12.1. The van der Waals surface area contributed by atoms with Gasteiger partial charge in [-0.15, -0.1) is 0 Å². The maximum Gasteiger partial charge on any atom is 0.123 e. The first-order valence-corrected chi connectivity index (χ1v) is 6.80. The van der Waals surface area contributed by atoms with E-state index in [1.165, 1.54) is 12.1 Å². The Kier molecular flexibility index (Phi) is 4.81. The summed E-state index contributed by atoms with van der Waals surface area (Å²) in [6.45, 7) is 2.75. The van der Waals surface area contributed by atoms with Crippen molar-refractivity contribution in [2.45, 2.75) is 13.0 Å². The third kappa shape index (κ3) is 3.69. The third-order valence-electron chi connectivity index (χ3n) is 2.81. The SMILES string of the molecule is CCNC(c1cccc(F)c1)c1cc(Cl)cc(Cl)c1. The number of benzene rings is 2. The molecular weight excluding hydrogens is 284 g/mol. The summed E-state index contributed by atoms with van der Waals surface area (Å²) in [4.78, 5) is 0. The van der Waals surface area contributed by atoms with E-state index in [9.17, 15) is 4.39 Å². The zero-order chi connectivity index (χ0) is 13.8. The molecule has 1 N–H and O–H groups in total. The van der Waals surface area contributed by atoms with Gasteiger partial charge in [-0.2, -0.15) is 0 Å². The van der Waals surface area contributed by atoms with Crippen molar-refractivity contribution < 1.29 is 4.39 Å². The van der Waals surface area contributed by atoms with Crippen LogP contribution in [0.15, 0.2) is 42.5 Å². The maximum atomic E-state index is 13.4. The van der Waals surface area contributed by atoms with Crippen molar-refractivity contribution in [3.63, 3.8) is 0 Å². The van der Waals surface area contributed by atoms with E-state index in [-0.39, 0.29) is 11.9 Å². The summed E-state index contributed by atoms with van der Waals surface area (Å²) in [5.41, 5.74) is 1.77. The van der Waals surface area contributed by atoms with Crippen molar-refractivity contribution >= 4 is 23.2 Å². The van der Waals surface area contributed by atoms with Crippen LogP contribution in [0.3, 0.4) is 0 Å². The van der Waals surface area contributed by atoms with E-state index in [4.69, 9.17) is 23.2 Å². The van der Waals surface area contributed by atoms with E-state index in [1.54, 1.807) is 12.1 Å². The van der Waals surface area contributed by atoms with Crippen LogP contribution in [0.5, 0.6) is 0 Å². The molecule has 0 heterocycles. The number of halogens is 3. The summed E-state index contributed by atoms with van der Waals surface area (Å²) in [5.74, 6) is -0.256. The van der Waals surface area contributed by atoms with Crippen molar-refractivity contribution in [2.24, 2.45) is 0 Å². The number of hydrogen-bond donors (Lipinski definition) is 1. The van der Waals surface area contributed by atoms with Gasteiger partial charge in [0, 0.05) is 10.0 Å². The van der Waals surface area contributed by atoms with Crippen LogP contribution in [0.4, 0.5) is 4.39 Å². The highest BCUT2D eigenvalue weighted by Crippen LogP contribution is 2.28. The number of rotatable bonds is 4. The molecule has 1 nitrogen and oxygen atoms in total. The summed E-state index contributed by atoms with van der Waals surface area (Å²) < 4.78 is 13.4. The van der Waals surface area contributed by atoms with Gasteiger partial charge in [-0.1, -0.05) is 42.3 Å². The van der Waals surface area contributed by atoms with Crippen LogP contribution >= 0.6 is 23.2 Å². The molecule has 0 bridgehead atoms. The van der Waals surface area contributed by atoms with E-state index in [0.717, 1.165) is 17.7 Å². The van der Waals surface area contributed by atoms with Crippen LogP contribution in [0, 0.1) is 5.82 Å². The standard InChI is InChI=1S/C15H14Cl2FN/c1-2-19-15(10-4-3-5-14(18)8-10)11-6-12(16)9-13(17)7-11/h3-9,15,19H,2H2,1H3. The lowest BCUT2D eigenvalue weighted by molar-refractivity contribution is 0.603. The predicted molar refractivity (Wildman–Crippen MR) is 78.4 cm³/mol. The van der Waals surface area contributed by atoms with E-state index < -0.39 is 0 Å². The second kappa shape index (κ2) is 6.38. The van der Waals surface area contributed by atoms with Gasteiger partial charge in [0.25, 0.3) is 0 Å². The molecule has 1 atom stereocenters. The van der Waals surface area contributed by atoms with Gasteiger partial charge in [-0.3, -0.25) is 0 Å². The third-order valence-corrected chi connectivity index (χ3v) is 3.24. The molecule has 2 aromatic rings. The highest BCUT2D eigenvalue weighted by Gasteiger charge is 2.14. The van der Waals surface area contributed by atoms with Crippen LogP contribution in [0.1, 0.15) is 24.1 Å². The van der Waals surface area contributed by atoms with Crippen LogP contribution < -0.4 is 5.32 Å². The van der Waals surface area contributed by atoms with Gasteiger partial charge >= 0.3 is 0 Å². The minimum atomic E-state index is -0.256. The lowest BCUT2D eigenvalue weighted by Gasteiger charge is -2.19. The van der Waals surface area contributed by atoms with Crippen molar-refractivity contribution in [1.82, 2.24) is 5.32 Å². The largest absolute Gasteiger partial charge is 0.307 e. The smallest absolute Gasteiger partial charge is 0.123 e. The molecule has 1 unspecified atom stereocenters. The number of hydrogen-bond acceptors (Lipinski definition) is 1. The fraction of sp³-hybridized carbons (Fsp3) is 0.200. The van der Waals surface area contributed by atoms with Crippen LogP contribution in [-0.4, -0.2) is 6.54 Å². The molecule has 0 amide bonds. The second-order valence-corrected chi connectivity index (χ2v) is 5.12. The van der Waals surface area contributed by atoms with Crippen molar-refractivity contribution in [3.05, 3.63) is 69.5 Å². The first-order valence-electron chi connectivity index (χ1n) is 6.05. The van der Waals surface area contributed by atoms with E-state index >= 15 is 0 Å². The van der Waals surface area contributed by atoms with Gasteiger partial charge in [0.2, 0.25) is 0 Å². The first kappa shape index (κ1) is 14.3. The first-order chi connectivity index (χ1) is 9.10. The molecule has 2 aromatic carbocycles.